The minimum Gasteiger partial charge on any atom is -0.489 e. The Kier molecular flexibility index (Phi) is 8.89. The van der Waals surface area contributed by atoms with Gasteiger partial charge >= 0.3 is 12.3 Å². The smallest absolute Gasteiger partial charge is 0.439 e. The first-order valence-corrected chi connectivity index (χ1v) is 9.88. The van der Waals surface area contributed by atoms with Crippen LogP contribution in [0.4, 0.5) is 26.3 Å². The van der Waals surface area contributed by atoms with Gasteiger partial charge in [-0.1, -0.05) is 52.6 Å². The predicted molar refractivity (Wildman–Crippen MR) is 111 cm³/mol. The van der Waals surface area contributed by atoms with Crippen LogP contribution >= 0.6 is 23.2 Å². The van der Waals surface area contributed by atoms with E-state index >= 15 is 0 Å². The van der Waals surface area contributed by atoms with E-state index in [2.05, 4.69) is 15.2 Å². The van der Waals surface area contributed by atoms with Crippen molar-refractivity contribution in [2.24, 2.45) is 5.16 Å². The summed E-state index contributed by atoms with van der Waals surface area (Å²) in [6.07, 6.45) is -15.8. The SMILES string of the molecule is CNC(=O)C(=NOC)c1ccccc1COc1cc(Cl)c(OC(F)(F)C(F)C(F)(F)F)c(Cl)c1. The maximum Gasteiger partial charge on any atom is 0.439 e. The Bertz CT molecular complexity index is 1040. The summed E-state index contributed by atoms with van der Waals surface area (Å²) in [5.74, 6) is -1.70. The topological polar surface area (TPSA) is 69.2 Å². The van der Waals surface area contributed by atoms with Gasteiger partial charge in [0.25, 0.3) is 12.1 Å². The van der Waals surface area contributed by atoms with E-state index < -0.39 is 40.2 Å². The van der Waals surface area contributed by atoms with Gasteiger partial charge in [-0.15, -0.1) is 0 Å². The van der Waals surface area contributed by atoms with Crippen molar-refractivity contribution >= 4 is 34.8 Å². The fourth-order valence-corrected chi connectivity index (χ4v) is 3.10. The van der Waals surface area contributed by atoms with E-state index in [-0.39, 0.29) is 18.1 Å². The molecule has 0 bridgehead atoms. The van der Waals surface area contributed by atoms with Crippen molar-refractivity contribution < 1.29 is 45.4 Å². The lowest BCUT2D eigenvalue weighted by Crippen LogP contribution is -2.45. The number of carbonyl (C=O) groups is 1. The van der Waals surface area contributed by atoms with Crippen LogP contribution in [0.3, 0.4) is 0 Å². The fraction of sp³-hybridized carbons (Fsp3) is 0.300. The van der Waals surface area contributed by atoms with Gasteiger partial charge in [0.2, 0.25) is 0 Å². The molecular formula is C20H16Cl2F6N2O4. The predicted octanol–water partition coefficient (Wildman–Crippen LogP) is 5.54. The standard InChI is InChI=1S/C20H16Cl2F6N2O4/c1-29-17(31)15(30-32-2)12-6-4-3-5-10(12)9-33-11-7-13(21)16(14(22)8-11)34-20(27,28)18(23)19(24,25)26/h3-8,18H,9H2,1-2H3,(H,29,31). The normalized spacial score (nSPS) is 13.3. The van der Waals surface area contributed by atoms with Crippen molar-refractivity contribution in [3.63, 3.8) is 0 Å². The molecule has 2 aromatic carbocycles. The lowest BCUT2D eigenvalue weighted by atomic mass is 10.0. The summed E-state index contributed by atoms with van der Waals surface area (Å²) in [4.78, 5) is 16.8. The minimum atomic E-state index is -5.88. The van der Waals surface area contributed by atoms with Crippen LogP contribution in [-0.4, -0.2) is 44.2 Å². The number of nitrogens with zero attached hydrogens (tertiary/aromatic N) is 1. The van der Waals surface area contributed by atoms with Crippen molar-refractivity contribution in [3.05, 3.63) is 57.6 Å². The van der Waals surface area contributed by atoms with Gasteiger partial charge in [0.1, 0.15) is 19.5 Å². The highest BCUT2D eigenvalue weighted by Crippen LogP contribution is 2.43. The third-order valence-electron chi connectivity index (χ3n) is 4.08. The summed E-state index contributed by atoms with van der Waals surface area (Å²) in [5.41, 5.74) is 0.741. The number of hydrogen-bond acceptors (Lipinski definition) is 5. The molecule has 0 aromatic heterocycles. The number of halogens is 8. The molecule has 1 N–H and O–H groups in total. The molecule has 0 saturated carbocycles. The quantitative estimate of drug-likeness (QED) is 0.261. The molecule has 1 unspecified atom stereocenters. The average Bonchev–Trinajstić information content (AvgIpc) is 2.77. The van der Waals surface area contributed by atoms with Gasteiger partial charge in [-0.2, -0.15) is 22.0 Å². The van der Waals surface area contributed by atoms with Gasteiger partial charge in [0.05, 0.1) is 10.0 Å². The summed E-state index contributed by atoms with van der Waals surface area (Å²) < 4.78 is 86.6. The summed E-state index contributed by atoms with van der Waals surface area (Å²) >= 11 is 11.6. The maximum atomic E-state index is 13.6. The highest BCUT2D eigenvalue weighted by Gasteiger charge is 2.59. The molecule has 0 fully saturated rings. The van der Waals surface area contributed by atoms with Crippen LogP contribution in [0.2, 0.25) is 10.0 Å². The summed E-state index contributed by atoms with van der Waals surface area (Å²) in [6, 6.07) is 8.31. The van der Waals surface area contributed by atoms with E-state index in [0.29, 0.717) is 11.1 Å². The molecule has 14 heteroatoms. The number of carbonyl (C=O) groups excluding carboxylic acids is 1. The largest absolute Gasteiger partial charge is 0.489 e. The Balaban J connectivity index is 2.27. The number of oxime groups is 1. The summed E-state index contributed by atoms with van der Waals surface area (Å²) in [5, 5.41) is 4.79. The molecule has 1 amide bonds. The number of benzene rings is 2. The monoisotopic (exact) mass is 532 g/mol. The molecule has 0 saturated heterocycles. The zero-order valence-corrected chi connectivity index (χ0v) is 18.9. The van der Waals surface area contributed by atoms with Gasteiger partial charge in [-0.05, 0) is 5.56 Å². The molecular weight excluding hydrogens is 517 g/mol. The van der Waals surface area contributed by atoms with Gasteiger partial charge in [-0.3, -0.25) is 4.79 Å². The van der Waals surface area contributed by atoms with Crippen molar-refractivity contribution in [1.29, 1.82) is 0 Å². The number of ether oxygens (including phenoxy) is 2. The fourth-order valence-electron chi connectivity index (χ4n) is 2.56. The first-order valence-electron chi connectivity index (χ1n) is 9.12. The molecule has 2 aromatic rings. The summed E-state index contributed by atoms with van der Waals surface area (Å²) in [6.45, 7) is -0.195. The lowest BCUT2D eigenvalue weighted by Gasteiger charge is -2.24. The van der Waals surface area contributed by atoms with Crippen LogP contribution in [0.25, 0.3) is 0 Å². The molecule has 2 rings (SSSR count). The van der Waals surface area contributed by atoms with Crippen LogP contribution in [-0.2, 0) is 16.2 Å². The van der Waals surface area contributed by atoms with E-state index in [1.807, 2.05) is 0 Å². The number of hydrogen-bond donors (Lipinski definition) is 1. The molecule has 0 radical (unpaired) electrons. The molecule has 0 heterocycles. The summed E-state index contributed by atoms with van der Waals surface area (Å²) in [7, 11) is 2.64. The number of alkyl halides is 6. The van der Waals surface area contributed by atoms with Crippen LogP contribution in [0.15, 0.2) is 41.6 Å². The second-order valence-corrected chi connectivity index (χ2v) is 7.25. The van der Waals surface area contributed by atoms with Gasteiger partial charge in [-0.25, -0.2) is 4.39 Å². The number of likely N-dealkylation sites (N-methyl/N-ethyl adjacent to an activating group) is 1. The second kappa shape index (κ2) is 11.0. The molecule has 0 aliphatic rings. The molecule has 6 nitrogen and oxygen atoms in total. The highest BCUT2D eigenvalue weighted by atomic mass is 35.5. The van der Waals surface area contributed by atoms with Gasteiger partial charge < -0.3 is 19.6 Å². The van der Waals surface area contributed by atoms with E-state index in [4.69, 9.17) is 32.8 Å². The average molecular weight is 533 g/mol. The van der Waals surface area contributed by atoms with Crippen molar-refractivity contribution in [2.45, 2.75) is 25.1 Å². The molecule has 186 valence electrons. The van der Waals surface area contributed by atoms with Crippen LogP contribution in [0.1, 0.15) is 11.1 Å². The van der Waals surface area contributed by atoms with E-state index in [1.165, 1.54) is 14.2 Å². The zero-order chi connectivity index (χ0) is 25.7. The van der Waals surface area contributed by atoms with E-state index in [0.717, 1.165) is 12.1 Å². The Morgan fingerprint density at radius 2 is 1.71 bits per heavy atom. The first kappa shape index (κ1) is 27.4. The third-order valence-corrected chi connectivity index (χ3v) is 4.65. The first-order chi connectivity index (χ1) is 15.8. The van der Waals surface area contributed by atoms with E-state index in [1.54, 1.807) is 24.3 Å². The molecule has 34 heavy (non-hydrogen) atoms. The van der Waals surface area contributed by atoms with Crippen LogP contribution in [0.5, 0.6) is 11.5 Å². The van der Waals surface area contributed by atoms with E-state index in [9.17, 15) is 31.1 Å². The van der Waals surface area contributed by atoms with Gasteiger partial charge in [0, 0.05) is 24.7 Å². The molecule has 1 atom stereocenters. The van der Waals surface area contributed by atoms with Crippen molar-refractivity contribution in [1.82, 2.24) is 5.32 Å². The lowest BCUT2D eigenvalue weighted by molar-refractivity contribution is -0.304. The van der Waals surface area contributed by atoms with Crippen molar-refractivity contribution in [3.8, 4) is 11.5 Å². The molecule has 0 spiro atoms. The van der Waals surface area contributed by atoms with Gasteiger partial charge in [0.15, 0.2) is 11.5 Å². The van der Waals surface area contributed by atoms with Crippen LogP contribution in [0, 0.1) is 0 Å². The third kappa shape index (κ3) is 6.60. The Labute approximate surface area is 199 Å². The Morgan fingerprint density at radius 1 is 1.12 bits per heavy atom. The molecule has 0 aliphatic heterocycles. The zero-order valence-electron chi connectivity index (χ0n) is 17.4. The minimum absolute atomic E-state index is 0.0586. The van der Waals surface area contributed by atoms with Crippen LogP contribution < -0.4 is 14.8 Å². The second-order valence-electron chi connectivity index (χ2n) is 6.43. The number of rotatable bonds is 9. The maximum absolute atomic E-state index is 13.6. The Hall–Kier alpha value is -2.86. The highest BCUT2D eigenvalue weighted by molar-refractivity contribution is 6.45. The molecule has 0 aliphatic carbocycles. The number of nitrogens with one attached hydrogen (secondary N) is 1. The van der Waals surface area contributed by atoms with Crippen molar-refractivity contribution in [2.75, 3.05) is 14.2 Å². The Morgan fingerprint density at radius 3 is 2.24 bits per heavy atom. The number of amides is 1.